The van der Waals surface area contributed by atoms with Crippen molar-refractivity contribution < 1.29 is 9.53 Å². The molecular formula is C15H14BrN3O2. The number of methoxy groups -OCH3 is 1. The fraction of sp³-hybridized carbons (Fsp3) is 0.200. The van der Waals surface area contributed by atoms with Crippen molar-refractivity contribution in [1.82, 2.24) is 4.57 Å². The zero-order valence-corrected chi connectivity index (χ0v) is 13.3. The van der Waals surface area contributed by atoms with Crippen LogP contribution in [0.4, 0.5) is 5.69 Å². The molecule has 2 N–H and O–H groups in total. The summed E-state index contributed by atoms with van der Waals surface area (Å²) in [5.41, 5.74) is 8.27. The van der Waals surface area contributed by atoms with Crippen LogP contribution >= 0.6 is 15.9 Å². The number of carbonyl (C=O) groups is 1. The van der Waals surface area contributed by atoms with Crippen LogP contribution in [0.15, 0.2) is 28.9 Å². The lowest BCUT2D eigenvalue weighted by Crippen LogP contribution is -2.11. The smallest absolute Gasteiger partial charge is 0.357 e. The van der Waals surface area contributed by atoms with Gasteiger partial charge in [-0.2, -0.15) is 5.26 Å². The third-order valence-corrected chi connectivity index (χ3v) is 3.98. The van der Waals surface area contributed by atoms with Crippen molar-refractivity contribution in [2.75, 3.05) is 12.8 Å². The van der Waals surface area contributed by atoms with Crippen molar-refractivity contribution in [2.45, 2.75) is 13.3 Å². The van der Waals surface area contributed by atoms with E-state index in [-0.39, 0.29) is 16.9 Å². The Kier molecular flexibility index (Phi) is 4.34. The summed E-state index contributed by atoms with van der Waals surface area (Å²) in [6, 6.07) is 7.69. The Bertz CT molecular complexity index is 744. The van der Waals surface area contributed by atoms with E-state index >= 15 is 0 Å². The first-order valence-electron chi connectivity index (χ1n) is 6.31. The Balaban J connectivity index is 2.66. The van der Waals surface area contributed by atoms with E-state index in [9.17, 15) is 4.79 Å². The number of aromatic nitrogens is 1. The minimum atomic E-state index is -0.579. The van der Waals surface area contributed by atoms with Gasteiger partial charge in [-0.15, -0.1) is 0 Å². The first-order valence-corrected chi connectivity index (χ1v) is 7.10. The van der Waals surface area contributed by atoms with E-state index in [4.69, 9.17) is 15.7 Å². The predicted octanol–water partition coefficient (Wildman–Crippen LogP) is 3.04. The van der Waals surface area contributed by atoms with Gasteiger partial charge in [0.25, 0.3) is 0 Å². The number of ether oxygens (including phenoxy) is 1. The van der Waals surface area contributed by atoms with Crippen LogP contribution in [0.3, 0.4) is 0 Å². The van der Waals surface area contributed by atoms with Crippen LogP contribution in [0.5, 0.6) is 0 Å². The van der Waals surface area contributed by atoms with E-state index in [1.54, 1.807) is 4.57 Å². The highest BCUT2D eigenvalue weighted by Crippen LogP contribution is 2.27. The molecule has 108 valence electrons. The van der Waals surface area contributed by atoms with Crippen LogP contribution in [-0.4, -0.2) is 17.6 Å². The highest BCUT2D eigenvalue weighted by atomic mass is 79.9. The molecule has 1 aromatic heterocycles. The second-order valence-electron chi connectivity index (χ2n) is 4.41. The Morgan fingerprint density at radius 3 is 2.76 bits per heavy atom. The van der Waals surface area contributed by atoms with Gasteiger partial charge >= 0.3 is 5.97 Å². The highest BCUT2D eigenvalue weighted by Gasteiger charge is 2.21. The van der Waals surface area contributed by atoms with Crippen LogP contribution in [0.25, 0.3) is 5.69 Å². The van der Waals surface area contributed by atoms with E-state index in [1.165, 1.54) is 13.3 Å². The Morgan fingerprint density at radius 2 is 2.24 bits per heavy atom. The molecule has 0 amide bonds. The number of nitrogens with zero attached hydrogens (tertiary/aromatic N) is 2. The summed E-state index contributed by atoms with van der Waals surface area (Å²) >= 11 is 3.50. The highest BCUT2D eigenvalue weighted by molar-refractivity contribution is 9.10. The average Bonchev–Trinajstić information content (AvgIpc) is 2.83. The van der Waals surface area contributed by atoms with E-state index in [1.807, 2.05) is 24.3 Å². The third kappa shape index (κ3) is 2.65. The van der Waals surface area contributed by atoms with Crippen LogP contribution < -0.4 is 5.73 Å². The summed E-state index contributed by atoms with van der Waals surface area (Å²) in [5.74, 6) is -0.579. The van der Waals surface area contributed by atoms with Crippen molar-refractivity contribution in [3.05, 3.63) is 45.7 Å². The van der Waals surface area contributed by atoms with E-state index < -0.39 is 5.97 Å². The lowest BCUT2D eigenvalue weighted by Gasteiger charge is -2.10. The van der Waals surface area contributed by atoms with Crippen molar-refractivity contribution in [1.29, 1.82) is 5.26 Å². The van der Waals surface area contributed by atoms with Gasteiger partial charge in [-0.05, 0) is 24.1 Å². The Hall–Kier alpha value is -2.26. The Morgan fingerprint density at radius 1 is 1.52 bits per heavy atom. The standard InChI is InChI=1S/C15H14BrN3O2/c1-3-9-4-5-11(6-12(9)16)19-8-10(7-17)13(18)14(19)15(20)21-2/h4-6,8H,3,18H2,1-2H3. The summed E-state index contributed by atoms with van der Waals surface area (Å²) in [6.45, 7) is 2.06. The quantitative estimate of drug-likeness (QED) is 0.865. The second kappa shape index (κ2) is 6.02. The molecule has 5 nitrogen and oxygen atoms in total. The van der Waals surface area contributed by atoms with Crippen molar-refractivity contribution in [3.8, 4) is 11.8 Å². The van der Waals surface area contributed by atoms with Crippen LogP contribution in [0.2, 0.25) is 0 Å². The molecule has 0 saturated carbocycles. The largest absolute Gasteiger partial charge is 0.464 e. The summed E-state index contributed by atoms with van der Waals surface area (Å²) in [6.07, 6.45) is 2.43. The average molecular weight is 348 g/mol. The molecular weight excluding hydrogens is 334 g/mol. The van der Waals surface area contributed by atoms with Gasteiger partial charge in [0, 0.05) is 16.4 Å². The normalized spacial score (nSPS) is 10.2. The SMILES string of the molecule is CCc1ccc(-n2cc(C#N)c(N)c2C(=O)OC)cc1Br. The van der Waals surface area contributed by atoms with Crippen LogP contribution in [-0.2, 0) is 11.2 Å². The van der Waals surface area contributed by atoms with Crippen molar-refractivity contribution in [3.63, 3.8) is 0 Å². The molecule has 0 aliphatic carbocycles. The zero-order chi connectivity index (χ0) is 15.6. The number of hydrogen-bond acceptors (Lipinski definition) is 4. The summed E-state index contributed by atoms with van der Waals surface area (Å²) in [4.78, 5) is 11.9. The number of halogens is 1. The molecule has 0 aliphatic rings. The van der Waals surface area contributed by atoms with Crippen molar-refractivity contribution >= 4 is 27.6 Å². The maximum atomic E-state index is 11.9. The van der Waals surface area contributed by atoms with Gasteiger partial charge in [-0.1, -0.05) is 28.9 Å². The number of carbonyl (C=O) groups excluding carboxylic acids is 1. The van der Waals surface area contributed by atoms with Gasteiger partial charge in [0.15, 0.2) is 5.69 Å². The molecule has 21 heavy (non-hydrogen) atoms. The summed E-state index contributed by atoms with van der Waals surface area (Å²) < 4.78 is 7.26. The number of nitrogen functional groups attached to an aromatic ring is 1. The minimum absolute atomic E-state index is 0.125. The molecule has 1 heterocycles. The fourth-order valence-corrected chi connectivity index (χ4v) is 2.74. The minimum Gasteiger partial charge on any atom is -0.464 e. The molecule has 0 fully saturated rings. The van der Waals surface area contributed by atoms with Gasteiger partial charge in [0.1, 0.15) is 6.07 Å². The van der Waals surface area contributed by atoms with Gasteiger partial charge < -0.3 is 15.0 Å². The van der Waals surface area contributed by atoms with Gasteiger partial charge in [0.2, 0.25) is 0 Å². The number of hydrogen-bond donors (Lipinski definition) is 1. The van der Waals surface area contributed by atoms with E-state index in [0.717, 1.165) is 22.1 Å². The molecule has 0 spiro atoms. The van der Waals surface area contributed by atoms with E-state index in [0.29, 0.717) is 0 Å². The third-order valence-electron chi connectivity index (χ3n) is 3.24. The summed E-state index contributed by atoms with van der Waals surface area (Å²) in [5, 5.41) is 9.09. The molecule has 0 aliphatic heterocycles. The van der Waals surface area contributed by atoms with Crippen LogP contribution in [0.1, 0.15) is 28.5 Å². The molecule has 2 aromatic rings. The maximum absolute atomic E-state index is 11.9. The maximum Gasteiger partial charge on any atom is 0.357 e. The van der Waals surface area contributed by atoms with Crippen LogP contribution in [0, 0.1) is 11.3 Å². The van der Waals surface area contributed by atoms with Gasteiger partial charge in [0.05, 0.1) is 18.4 Å². The van der Waals surface area contributed by atoms with Crippen molar-refractivity contribution in [2.24, 2.45) is 0 Å². The molecule has 1 aromatic carbocycles. The van der Waals surface area contributed by atoms with Gasteiger partial charge in [-0.25, -0.2) is 4.79 Å². The number of nitriles is 1. The number of anilines is 1. The molecule has 0 radical (unpaired) electrons. The Labute approximate surface area is 131 Å². The first-order chi connectivity index (χ1) is 10.0. The molecule has 0 saturated heterocycles. The predicted molar refractivity (Wildman–Crippen MR) is 83.3 cm³/mol. The monoisotopic (exact) mass is 347 g/mol. The molecule has 6 heteroatoms. The fourth-order valence-electron chi connectivity index (χ4n) is 2.09. The molecule has 0 unspecified atom stereocenters. The number of benzene rings is 1. The lowest BCUT2D eigenvalue weighted by molar-refractivity contribution is 0.0593. The number of esters is 1. The lowest BCUT2D eigenvalue weighted by atomic mass is 10.1. The second-order valence-corrected chi connectivity index (χ2v) is 5.26. The number of nitrogens with two attached hydrogens (primary N) is 1. The van der Waals surface area contributed by atoms with E-state index in [2.05, 4.69) is 22.9 Å². The summed E-state index contributed by atoms with van der Waals surface area (Å²) in [7, 11) is 1.28. The molecule has 2 rings (SSSR count). The number of aryl methyl sites for hydroxylation is 1. The number of rotatable bonds is 3. The zero-order valence-electron chi connectivity index (χ0n) is 11.7. The molecule has 0 atom stereocenters. The first kappa shape index (κ1) is 15.1. The topological polar surface area (TPSA) is 81.0 Å². The van der Waals surface area contributed by atoms with Gasteiger partial charge in [-0.3, -0.25) is 0 Å². The molecule has 0 bridgehead atoms.